The van der Waals surface area contributed by atoms with Crippen LogP contribution in [0, 0.1) is 0 Å². The van der Waals surface area contributed by atoms with E-state index < -0.39 is 0 Å². The van der Waals surface area contributed by atoms with Crippen LogP contribution in [0.4, 0.5) is 11.8 Å². The van der Waals surface area contributed by atoms with Crippen LogP contribution in [0.15, 0.2) is 79.1 Å². The van der Waals surface area contributed by atoms with E-state index in [1.807, 2.05) is 36.4 Å². The van der Waals surface area contributed by atoms with Crippen molar-refractivity contribution < 1.29 is 4.74 Å². The topological polar surface area (TPSA) is 67.3 Å². The van der Waals surface area contributed by atoms with E-state index >= 15 is 0 Å². The Morgan fingerprint density at radius 1 is 0.719 bits per heavy atom. The van der Waals surface area contributed by atoms with Crippen molar-refractivity contribution in [1.29, 1.82) is 0 Å². The number of aromatic nitrogens is 4. The van der Waals surface area contributed by atoms with E-state index in [2.05, 4.69) is 55.2 Å². The molecule has 0 spiro atoms. The average Bonchev–Trinajstić information content (AvgIpc) is 2.89. The molecular weight excluding hydrogens is 400 g/mol. The second kappa shape index (κ2) is 9.01. The maximum absolute atomic E-state index is 5.34. The lowest BCUT2D eigenvalue weighted by atomic mass is 10.0. The molecule has 0 radical (unpaired) electrons. The number of hydrogen-bond acceptors (Lipinski definition) is 7. The van der Waals surface area contributed by atoms with Gasteiger partial charge in [0.05, 0.1) is 12.8 Å². The Morgan fingerprint density at radius 2 is 1.41 bits per heavy atom. The molecule has 0 amide bonds. The highest BCUT2D eigenvalue weighted by atomic mass is 16.5. The van der Waals surface area contributed by atoms with Gasteiger partial charge in [0.2, 0.25) is 5.95 Å². The predicted molar refractivity (Wildman–Crippen MR) is 126 cm³/mol. The summed E-state index contributed by atoms with van der Waals surface area (Å²) in [5.74, 6) is 2.49. The fourth-order valence-corrected chi connectivity index (χ4v) is 3.92. The van der Waals surface area contributed by atoms with Gasteiger partial charge in [-0.1, -0.05) is 42.5 Å². The molecule has 0 atom stereocenters. The summed E-state index contributed by atoms with van der Waals surface area (Å²) in [6, 6.07) is 22.2. The van der Waals surface area contributed by atoms with Gasteiger partial charge in [-0.05, 0) is 29.8 Å². The largest absolute Gasteiger partial charge is 0.497 e. The molecule has 1 aliphatic rings. The molecule has 0 bridgehead atoms. The van der Waals surface area contributed by atoms with E-state index in [-0.39, 0.29) is 0 Å². The second-order valence-corrected chi connectivity index (χ2v) is 7.58. The molecule has 0 saturated carbocycles. The molecule has 2 aromatic heterocycles. The number of methoxy groups -OCH3 is 1. The number of rotatable bonds is 5. The van der Waals surface area contributed by atoms with Gasteiger partial charge >= 0.3 is 0 Å². The molecular formula is C25H24N6O. The fraction of sp³-hybridized carbons (Fsp3) is 0.200. The minimum atomic E-state index is 0.771. The fourth-order valence-electron chi connectivity index (χ4n) is 3.92. The van der Waals surface area contributed by atoms with E-state index in [4.69, 9.17) is 9.84 Å². The SMILES string of the molecule is COc1ccc(-c2cc(-c3ccccc3)nnc2N2CCN(c3ncccn3)CC2)cc1. The monoisotopic (exact) mass is 424 g/mol. The van der Waals surface area contributed by atoms with Gasteiger partial charge < -0.3 is 14.5 Å². The first-order valence-corrected chi connectivity index (χ1v) is 10.7. The molecule has 160 valence electrons. The summed E-state index contributed by atoms with van der Waals surface area (Å²) in [4.78, 5) is 13.3. The zero-order valence-corrected chi connectivity index (χ0v) is 17.9. The molecule has 0 aliphatic carbocycles. The van der Waals surface area contributed by atoms with Crippen LogP contribution >= 0.6 is 0 Å². The first-order valence-electron chi connectivity index (χ1n) is 10.7. The zero-order valence-electron chi connectivity index (χ0n) is 17.9. The van der Waals surface area contributed by atoms with Crippen LogP contribution in [0.5, 0.6) is 5.75 Å². The minimum absolute atomic E-state index is 0.771. The zero-order chi connectivity index (χ0) is 21.8. The Kier molecular flexibility index (Phi) is 5.61. The summed E-state index contributed by atoms with van der Waals surface area (Å²) in [7, 11) is 1.68. The highest BCUT2D eigenvalue weighted by molar-refractivity contribution is 5.79. The molecule has 5 rings (SSSR count). The van der Waals surface area contributed by atoms with Crippen molar-refractivity contribution in [3.8, 4) is 28.1 Å². The number of benzene rings is 2. The van der Waals surface area contributed by atoms with Crippen LogP contribution < -0.4 is 14.5 Å². The standard InChI is InChI=1S/C25H24N6O/c1-32-21-10-8-19(9-11-21)22-18-23(20-6-3-2-4-7-20)28-29-24(22)30-14-16-31(17-15-30)25-26-12-5-13-27-25/h2-13,18H,14-17H2,1H3. The third kappa shape index (κ3) is 4.09. The lowest BCUT2D eigenvalue weighted by Crippen LogP contribution is -2.47. The Labute approximate surface area is 187 Å². The summed E-state index contributed by atoms with van der Waals surface area (Å²) in [5.41, 5.74) is 4.05. The quantitative estimate of drug-likeness (QED) is 0.481. The maximum atomic E-state index is 5.34. The molecule has 32 heavy (non-hydrogen) atoms. The van der Waals surface area contributed by atoms with Crippen LogP contribution in [0.25, 0.3) is 22.4 Å². The van der Waals surface area contributed by atoms with Gasteiger partial charge in [-0.15, -0.1) is 10.2 Å². The van der Waals surface area contributed by atoms with Crippen LogP contribution in [-0.4, -0.2) is 53.5 Å². The molecule has 4 aromatic rings. The van der Waals surface area contributed by atoms with Gasteiger partial charge in [-0.2, -0.15) is 0 Å². The van der Waals surface area contributed by atoms with Crippen molar-refractivity contribution in [3.05, 3.63) is 79.1 Å². The molecule has 2 aromatic carbocycles. The molecule has 7 nitrogen and oxygen atoms in total. The third-order valence-electron chi connectivity index (χ3n) is 5.66. The molecule has 1 aliphatic heterocycles. The first-order chi connectivity index (χ1) is 15.8. The summed E-state index contributed by atoms with van der Waals surface area (Å²) < 4.78 is 5.34. The smallest absolute Gasteiger partial charge is 0.225 e. The van der Waals surface area contributed by atoms with Crippen molar-refractivity contribution >= 4 is 11.8 Å². The number of hydrogen-bond donors (Lipinski definition) is 0. The Hall–Kier alpha value is -4.00. The second-order valence-electron chi connectivity index (χ2n) is 7.58. The lowest BCUT2D eigenvalue weighted by molar-refractivity contribution is 0.415. The number of nitrogens with zero attached hydrogens (tertiary/aromatic N) is 6. The molecule has 3 heterocycles. The summed E-state index contributed by atoms with van der Waals surface area (Å²) in [6.45, 7) is 3.30. The number of anilines is 2. The Bertz CT molecular complexity index is 1160. The van der Waals surface area contributed by atoms with E-state index in [1.54, 1.807) is 19.5 Å². The van der Waals surface area contributed by atoms with Crippen LogP contribution in [0.2, 0.25) is 0 Å². The van der Waals surface area contributed by atoms with Crippen molar-refractivity contribution in [2.45, 2.75) is 0 Å². The van der Waals surface area contributed by atoms with Crippen LogP contribution in [0.1, 0.15) is 0 Å². The Morgan fingerprint density at radius 3 is 2.09 bits per heavy atom. The predicted octanol–water partition coefficient (Wildman–Crippen LogP) is 3.94. The van der Waals surface area contributed by atoms with Crippen LogP contribution in [-0.2, 0) is 0 Å². The minimum Gasteiger partial charge on any atom is -0.497 e. The normalized spacial score (nSPS) is 13.8. The van der Waals surface area contributed by atoms with Gasteiger partial charge in [0.1, 0.15) is 5.75 Å². The molecule has 7 heteroatoms. The summed E-state index contributed by atoms with van der Waals surface area (Å²) in [5, 5.41) is 9.26. The van der Waals surface area contributed by atoms with Gasteiger partial charge in [0.25, 0.3) is 0 Å². The lowest BCUT2D eigenvalue weighted by Gasteiger charge is -2.36. The molecule has 0 unspecified atom stereocenters. The van der Waals surface area contributed by atoms with E-state index in [0.717, 1.165) is 66.1 Å². The molecule has 1 fully saturated rings. The number of ether oxygens (including phenoxy) is 1. The van der Waals surface area contributed by atoms with E-state index in [1.165, 1.54) is 0 Å². The van der Waals surface area contributed by atoms with Gasteiger partial charge in [0, 0.05) is 49.7 Å². The summed E-state index contributed by atoms with van der Waals surface area (Å²) in [6.07, 6.45) is 3.56. The summed E-state index contributed by atoms with van der Waals surface area (Å²) >= 11 is 0. The van der Waals surface area contributed by atoms with E-state index in [0.29, 0.717) is 0 Å². The van der Waals surface area contributed by atoms with Gasteiger partial charge in [0.15, 0.2) is 5.82 Å². The molecule has 0 N–H and O–H groups in total. The number of piperazine rings is 1. The van der Waals surface area contributed by atoms with Crippen molar-refractivity contribution in [2.24, 2.45) is 0 Å². The first kappa shape index (κ1) is 19.9. The van der Waals surface area contributed by atoms with E-state index in [9.17, 15) is 0 Å². The highest BCUT2D eigenvalue weighted by Gasteiger charge is 2.23. The van der Waals surface area contributed by atoms with Crippen molar-refractivity contribution in [2.75, 3.05) is 43.1 Å². The van der Waals surface area contributed by atoms with Gasteiger partial charge in [-0.25, -0.2) is 9.97 Å². The highest BCUT2D eigenvalue weighted by Crippen LogP contribution is 2.33. The average molecular weight is 425 g/mol. The van der Waals surface area contributed by atoms with Crippen LogP contribution in [0.3, 0.4) is 0 Å². The maximum Gasteiger partial charge on any atom is 0.225 e. The molecule has 1 saturated heterocycles. The van der Waals surface area contributed by atoms with Crippen molar-refractivity contribution in [3.63, 3.8) is 0 Å². The van der Waals surface area contributed by atoms with Gasteiger partial charge in [-0.3, -0.25) is 0 Å². The third-order valence-corrected chi connectivity index (χ3v) is 5.66. The Balaban J connectivity index is 1.47. The van der Waals surface area contributed by atoms with Crippen molar-refractivity contribution in [1.82, 2.24) is 20.2 Å².